The summed E-state index contributed by atoms with van der Waals surface area (Å²) in [6, 6.07) is 9.94. The van der Waals surface area contributed by atoms with Gasteiger partial charge in [0.25, 0.3) is 0 Å². The molecule has 2 amide bonds. The minimum Gasteiger partial charge on any atom is -0.444 e. The van der Waals surface area contributed by atoms with Crippen molar-refractivity contribution in [2.45, 2.75) is 65.2 Å². The van der Waals surface area contributed by atoms with Crippen LogP contribution in [0.5, 0.6) is 0 Å². The Balaban J connectivity index is 2.15. The van der Waals surface area contributed by atoms with Crippen molar-refractivity contribution in [3.05, 3.63) is 54.1 Å². The molecular formula is C27H35ClN2O4. The Bertz CT molecular complexity index is 1080. The normalized spacial score (nSPS) is 16.1. The van der Waals surface area contributed by atoms with Crippen LogP contribution in [0.2, 0.25) is 0 Å². The highest BCUT2D eigenvalue weighted by Crippen LogP contribution is 2.40. The lowest BCUT2D eigenvalue weighted by Crippen LogP contribution is -2.42. The second-order valence-corrected chi connectivity index (χ2v) is 10.9. The number of hydrogen-bond donors (Lipinski definition) is 0. The van der Waals surface area contributed by atoms with E-state index in [4.69, 9.17) is 21.1 Å². The number of halogens is 1. The van der Waals surface area contributed by atoms with E-state index < -0.39 is 17.3 Å². The third kappa shape index (κ3) is 5.84. The fourth-order valence-corrected chi connectivity index (χ4v) is 4.46. The van der Waals surface area contributed by atoms with E-state index in [1.807, 2.05) is 71.9 Å². The Labute approximate surface area is 207 Å². The molecule has 0 saturated carbocycles. The first-order valence-electron chi connectivity index (χ1n) is 11.5. The van der Waals surface area contributed by atoms with Gasteiger partial charge >= 0.3 is 12.2 Å². The molecule has 1 unspecified atom stereocenters. The number of carbonyl (C=O) groups excluding carboxylic acids is 2. The Morgan fingerprint density at radius 2 is 1.74 bits per heavy atom. The van der Waals surface area contributed by atoms with Gasteiger partial charge in [-0.15, -0.1) is 18.2 Å². The SMILES string of the molecule is C=CCN(C(=O)OC(C)(C)C)c1cc2c(c3ccccc13)C(CCl)CN(C(=O)OC(C)(C)C)C2. The van der Waals surface area contributed by atoms with Gasteiger partial charge in [0, 0.05) is 36.8 Å². The lowest BCUT2D eigenvalue weighted by molar-refractivity contribution is 0.0210. The molecule has 0 spiro atoms. The molecule has 2 aromatic carbocycles. The summed E-state index contributed by atoms with van der Waals surface area (Å²) >= 11 is 6.41. The predicted molar refractivity (Wildman–Crippen MR) is 138 cm³/mol. The predicted octanol–water partition coefficient (Wildman–Crippen LogP) is 6.84. The van der Waals surface area contributed by atoms with Gasteiger partial charge in [-0.2, -0.15) is 0 Å². The van der Waals surface area contributed by atoms with Crippen LogP contribution in [-0.4, -0.2) is 47.3 Å². The van der Waals surface area contributed by atoms with Crippen molar-refractivity contribution in [3.63, 3.8) is 0 Å². The molecule has 7 heteroatoms. The quantitative estimate of drug-likeness (QED) is 0.350. The maximum Gasteiger partial charge on any atom is 0.415 e. The van der Waals surface area contributed by atoms with Crippen molar-refractivity contribution in [2.75, 3.05) is 23.9 Å². The summed E-state index contributed by atoms with van der Waals surface area (Å²) in [5, 5.41) is 1.94. The summed E-state index contributed by atoms with van der Waals surface area (Å²) in [7, 11) is 0. The molecule has 3 rings (SSSR count). The molecule has 0 saturated heterocycles. The van der Waals surface area contributed by atoms with Crippen LogP contribution < -0.4 is 4.90 Å². The van der Waals surface area contributed by atoms with E-state index in [2.05, 4.69) is 6.58 Å². The van der Waals surface area contributed by atoms with Crippen LogP contribution in [0.1, 0.15) is 58.6 Å². The number of nitrogens with zero attached hydrogens (tertiary/aromatic N) is 2. The van der Waals surface area contributed by atoms with E-state index in [1.54, 1.807) is 15.9 Å². The minimum atomic E-state index is -0.641. The molecule has 34 heavy (non-hydrogen) atoms. The lowest BCUT2D eigenvalue weighted by atomic mass is 9.85. The zero-order valence-electron chi connectivity index (χ0n) is 21.0. The van der Waals surface area contributed by atoms with Gasteiger partial charge in [0.05, 0.1) is 5.69 Å². The summed E-state index contributed by atoms with van der Waals surface area (Å²) in [5.74, 6) is 0.296. The molecule has 2 aromatic rings. The van der Waals surface area contributed by atoms with Crippen LogP contribution in [-0.2, 0) is 16.0 Å². The number of rotatable bonds is 4. The molecule has 0 bridgehead atoms. The highest BCUT2D eigenvalue weighted by atomic mass is 35.5. The lowest BCUT2D eigenvalue weighted by Gasteiger charge is -2.37. The summed E-state index contributed by atoms with van der Waals surface area (Å²) < 4.78 is 11.3. The van der Waals surface area contributed by atoms with Crippen molar-refractivity contribution < 1.29 is 19.1 Å². The van der Waals surface area contributed by atoms with E-state index in [0.717, 1.165) is 21.9 Å². The van der Waals surface area contributed by atoms with Gasteiger partial charge < -0.3 is 14.4 Å². The van der Waals surface area contributed by atoms with Crippen LogP contribution in [0, 0.1) is 0 Å². The zero-order chi connectivity index (χ0) is 25.3. The summed E-state index contributed by atoms with van der Waals surface area (Å²) in [6.07, 6.45) is 0.844. The molecular weight excluding hydrogens is 452 g/mol. The second kappa shape index (κ2) is 9.87. The van der Waals surface area contributed by atoms with Crippen molar-refractivity contribution in [3.8, 4) is 0 Å². The highest BCUT2D eigenvalue weighted by molar-refractivity contribution is 6.18. The van der Waals surface area contributed by atoms with Gasteiger partial charge in [0.1, 0.15) is 11.2 Å². The van der Waals surface area contributed by atoms with Crippen LogP contribution in [0.15, 0.2) is 43.0 Å². The van der Waals surface area contributed by atoms with Crippen LogP contribution in [0.3, 0.4) is 0 Å². The van der Waals surface area contributed by atoms with E-state index in [1.165, 1.54) is 0 Å². The van der Waals surface area contributed by atoms with Crippen molar-refractivity contribution >= 4 is 40.2 Å². The van der Waals surface area contributed by atoms with Crippen molar-refractivity contribution in [2.24, 2.45) is 0 Å². The van der Waals surface area contributed by atoms with Crippen molar-refractivity contribution in [1.82, 2.24) is 4.90 Å². The first-order chi connectivity index (χ1) is 15.8. The molecule has 1 aliphatic rings. The molecule has 0 aromatic heterocycles. The summed E-state index contributed by atoms with van der Waals surface area (Å²) in [6.45, 7) is 16.0. The molecule has 6 nitrogen and oxygen atoms in total. The first kappa shape index (κ1) is 25.9. The average molecular weight is 487 g/mol. The van der Waals surface area contributed by atoms with E-state index >= 15 is 0 Å². The first-order valence-corrected chi connectivity index (χ1v) is 12.1. The smallest absolute Gasteiger partial charge is 0.415 e. The topological polar surface area (TPSA) is 59.1 Å². The van der Waals surface area contributed by atoms with E-state index in [0.29, 0.717) is 24.7 Å². The number of ether oxygens (including phenoxy) is 2. The van der Waals surface area contributed by atoms with Crippen LogP contribution >= 0.6 is 11.6 Å². The van der Waals surface area contributed by atoms with Gasteiger partial charge in [-0.25, -0.2) is 9.59 Å². The molecule has 1 aliphatic heterocycles. The summed E-state index contributed by atoms with van der Waals surface area (Å²) in [5.41, 5.74) is 1.52. The maximum atomic E-state index is 13.2. The number of fused-ring (bicyclic) bond motifs is 3. The molecule has 184 valence electrons. The number of amides is 2. The molecule has 0 N–H and O–H groups in total. The fourth-order valence-electron chi connectivity index (χ4n) is 4.21. The van der Waals surface area contributed by atoms with Crippen LogP contribution in [0.4, 0.5) is 15.3 Å². The van der Waals surface area contributed by atoms with Gasteiger partial charge in [-0.05, 0) is 64.1 Å². The maximum absolute atomic E-state index is 13.2. The number of benzene rings is 2. The van der Waals surface area contributed by atoms with E-state index in [-0.39, 0.29) is 18.6 Å². The van der Waals surface area contributed by atoms with Crippen LogP contribution in [0.25, 0.3) is 10.8 Å². The number of carbonyl (C=O) groups is 2. The number of anilines is 1. The van der Waals surface area contributed by atoms with Gasteiger partial charge in [0.15, 0.2) is 0 Å². The Morgan fingerprint density at radius 1 is 1.12 bits per heavy atom. The highest BCUT2D eigenvalue weighted by Gasteiger charge is 2.34. The molecule has 0 aliphatic carbocycles. The van der Waals surface area contributed by atoms with Gasteiger partial charge in [0.2, 0.25) is 0 Å². The van der Waals surface area contributed by atoms with E-state index in [9.17, 15) is 9.59 Å². The van der Waals surface area contributed by atoms with Gasteiger partial charge in [-0.3, -0.25) is 4.90 Å². The molecule has 1 heterocycles. The Morgan fingerprint density at radius 3 is 2.29 bits per heavy atom. The zero-order valence-corrected chi connectivity index (χ0v) is 21.7. The Hall–Kier alpha value is -2.73. The van der Waals surface area contributed by atoms with Gasteiger partial charge in [-0.1, -0.05) is 30.3 Å². The molecule has 0 radical (unpaired) electrons. The van der Waals surface area contributed by atoms with Crippen molar-refractivity contribution in [1.29, 1.82) is 0 Å². The number of alkyl halides is 1. The number of hydrogen-bond acceptors (Lipinski definition) is 4. The fraction of sp³-hybridized carbons (Fsp3) is 0.481. The summed E-state index contributed by atoms with van der Waals surface area (Å²) in [4.78, 5) is 29.3. The minimum absolute atomic E-state index is 0.0636. The average Bonchev–Trinajstić information content (AvgIpc) is 2.73. The second-order valence-electron chi connectivity index (χ2n) is 10.6. The monoisotopic (exact) mass is 486 g/mol. The molecule has 1 atom stereocenters. The third-order valence-electron chi connectivity index (χ3n) is 5.41. The Kier molecular flexibility index (Phi) is 7.51. The standard InChI is InChI=1S/C27H35ClN2O4/c1-8-13-30(25(32)34-27(5,6)7)22-14-18-16-29(24(31)33-26(2,3)4)17-19(15-28)23(18)21-12-10-9-11-20(21)22/h8-12,14,19H,1,13,15-17H2,2-7H3. The largest absolute Gasteiger partial charge is 0.444 e. The third-order valence-corrected chi connectivity index (χ3v) is 5.79. The molecule has 0 fully saturated rings.